The first-order valence-corrected chi connectivity index (χ1v) is 11.6. The number of nitrogens with zero attached hydrogens (tertiary/aromatic N) is 4. The Kier molecular flexibility index (Phi) is 5.08. The van der Waals surface area contributed by atoms with Crippen molar-refractivity contribution < 1.29 is 19.4 Å². The van der Waals surface area contributed by atoms with E-state index in [0.717, 1.165) is 34.2 Å². The Hall–Kier alpha value is -3.46. The van der Waals surface area contributed by atoms with Crippen molar-refractivity contribution in [2.45, 2.75) is 51.8 Å². The molecule has 0 radical (unpaired) electrons. The van der Waals surface area contributed by atoms with Crippen LogP contribution >= 0.6 is 11.3 Å². The van der Waals surface area contributed by atoms with Crippen molar-refractivity contribution in [2.24, 2.45) is 0 Å². The summed E-state index contributed by atoms with van der Waals surface area (Å²) in [6.45, 7) is 6.13. The van der Waals surface area contributed by atoms with E-state index in [1.807, 2.05) is 49.9 Å². The van der Waals surface area contributed by atoms with Crippen LogP contribution in [0.25, 0.3) is 26.6 Å². The minimum atomic E-state index is -0.955. The Morgan fingerprint density at radius 1 is 1.18 bits per heavy atom. The summed E-state index contributed by atoms with van der Waals surface area (Å²) in [5.41, 5.74) is 2.44. The third-order valence-corrected chi connectivity index (χ3v) is 6.39. The fraction of sp³-hybridized carbons (Fsp3) is 0.333. The lowest BCUT2D eigenvalue weighted by Gasteiger charge is -2.27. The predicted octanol–water partition coefficient (Wildman–Crippen LogP) is 5.21. The van der Waals surface area contributed by atoms with Crippen molar-refractivity contribution >= 4 is 38.6 Å². The lowest BCUT2D eigenvalue weighted by Crippen LogP contribution is -2.37. The van der Waals surface area contributed by atoms with Gasteiger partial charge in [0.1, 0.15) is 5.60 Å². The fourth-order valence-electron chi connectivity index (χ4n) is 3.65. The number of carbonyl (C=O) groups is 2. The number of rotatable bonds is 5. The van der Waals surface area contributed by atoms with Gasteiger partial charge in [-0.3, -0.25) is 0 Å². The molecule has 0 unspecified atom stereocenters. The zero-order chi connectivity index (χ0) is 23.3. The maximum atomic E-state index is 12.6. The molecule has 5 rings (SSSR count). The molecule has 0 aliphatic heterocycles. The van der Waals surface area contributed by atoms with Crippen molar-refractivity contribution in [3.8, 4) is 11.4 Å². The highest BCUT2D eigenvalue weighted by Crippen LogP contribution is 2.31. The first-order valence-electron chi connectivity index (χ1n) is 10.8. The summed E-state index contributed by atoms with van der Waals surface area (Å²) in [6, 6.07) is 13.1. The quantitative estimate of drug-likeness (QED) is 0.436. The van der Waals surface area contributed by atoms with Crippen LogP contribution in [0, 0.1) is 0 Å². The Balaban J connectivity index is 1.36. The van der Waals surface area contributed by atoms with Crippen LogP contribution in [0.2, 0.25) is 0 Å². The third kappa shape index (κ3) is 4.41. The molecule has 9 heteroatoms. The summed E-state index contributed by atoms with van der Waals surface area (Å²) >= 11 is 1.41. The molecule has 2 aromatic heterocycles. The van der Waals surface area contributed by atoms with Gasteiger partial charge in [0.05, 0.1) is 15.8 Å². The highest BCUT2D eigenvalue weighted by atomic mass is 32.1. The molecule has 1 aliphatic rings. The van der Waals surface area contributed by atoms with E-state index in [-0.39, 0.29) is 17.7 Å². The topological polar surface area (TPSA) is 97.0 Å². The summed E-state index contributed by atoms with van der Waals surface area (Å²) in [5.74, 6) is -0.355. The molecule has 0 bridgehead atoms. The molecule has 2 aromatic carbocycles. The number of amides is 1. The molecule has 0 atom stereocenters. The van der Waals surface area contributed by atoms with Gasteiger partial charge < -0.3 is 14.7 Å². The molecule has 33 heavy (non-hydrogen) atoms. The summed E-state index contributed by atoms with van der Waals surface area (Å²) in [6.07, 6.45) is 1.74. The van der Waals surface area contributed by atoms with E-state index in [2.05, 4.69) is 10.1 Å². The number of aromatic nitrogens is 3. The minimum absolute atomic E-state index is 0.245. The Morgan fingerprint density at radius 3 is 2.55 bits per heavy atom. The van der Waals surface area contributed by atoms with Crippen molar-refractivity contribution in [2.75, 3.05) is 0 Å². The highest BCUT2D eigenvalue weighted by molar-refractivity contribution is 7.23. The number of carboxylic acid groups (broad SMARTS) is 1. The number of thiazole rings is 1. The lowest BCUT2D eigenvalue weighted by molar-refractivity contribution is 0.0216. The summed E-state index contributed by atoms with van der Waals surface area (Å²) in [7, 11) is 0. The van der Waals surface area contributed by atoms with Crippen LogP contribution < -0.4 is 0 Å². The zero-order valence-corrected chi connectivity index (χ0v) is 19.4. The maximum absolute atomic E-state index is 12.6. The van der Waals surface area contributed by atoms with Crippen molar-refractivity contribution in [1.82, 2.24) is 19.5 Å². The van der Waals surface area contributed by atoms with Gasteiger partial charge in [-0.1, -0.05) is 35.6 Å². The molecule has 0 saturated heterocycles. The van der Waals surface area contributed by atoms with Crippen LogP contribution in [0.15, 0.2) is 42.5 Å². The average molecular weight is 465 g/mol. The van der Waals surface area contributed by atoms with E-state index < -0.39 is 11.6 Å². The molecular formula is C24H24N4O4S. The van der Waals surface area contributed by atoms with Gasteiger partial charge in [0.2, 0.25) is 4.96 Å². The first kappa shape index (κ1) is 21.4. The second-order valence-electron chi connectivity index (χ2n) is 9.26. The van der Waals surface area contributed by atoms with Crippen LogP contribution in [-0.4, -0.2) is 48.3 Å². The second-order valence-corrected chi connectivity index (χ2v) is 10.3. The number of hydrogen-bond donors (Lipinski definition) is 1. The van der Waals surface area contributed by atoms with Gasteiger partial charge >= 0.3 is 12.1 Å². The number of hydrogen-bond acceptors (Lipinski definition) is 6. The molecule has 1 N–H and O–H groups in total. The number of carbonyl (C=O) groups excluding carboxylic acids is 1. The van der Waals surface area contributed by atoms with Gasteiger partial charge in [-0.25, -0.2) is 14.1 Å². The molecule has 1 aliphatic carbocycles. The van der Waals surface area contributed by atoms with Gasteiger partial charge in [0.15, 0.2) is 5.82 Å². The Labute approximate surface area is 194 Å². The molecule has 8 nitrogen and oxygen atoms in total. The smallest absolute Gasteiger partial charge is 0.410 e. The van der Waals surface area contributed by atoms with Crippen molar-refractivity contribution in [3.05, 3.63) is 53.6 Å². The average Bonchev–Trinajstić information content (AvgIpc) is 3.41. The van der Waals surface area contributed by atoms with E-state index in [0.29, 0.717) is 17.3 Å². The van der Waals surface area contributed by atoms with Crippen molar-refractivity contribution in [3.63, 3.8) is 0 Å². The zero-order valence-electron chi connectivity index (χ0n) is 18.6. The molecule has 1 saturated carbocycles. The number of fused-ring (bicyclic) bond motifs is 3. The lowest BCUT2D eigenvalue weighted by atomic mass is 10.1. The number of aromatic carboxylic acids is 1. The van der Waals surface area contributed by atoms with Crippen LogP contribution in [0.1, 0.15) is 49.5 Å². The molecule has 2 heterocycles. The van der Waals surface area contributed by atoms with Gasteiger partial charge in [-0.2, -0.15) is 4.98 Å². The van der Waals surface area contributed by atoms with Crippen molar-refractivity contribution in [1.29, 1.82) is 0 Å². The normalized spacial score (nSPS) is 14.0. The van der Waals surface area contributed by atoms with Gasteiger partial charge in [-0.05, 0) is 57.4 Å². The predicted molar refractivity (Wildman–Crippen MR) is 126 cm³/mol. The highest BCUT2D eigenvalue weighted by Gasteiger charge is 2.35. The van der Waals surface area contributed by atoms with E-state index in [1.54, 1.807) is 22.7 Å². The minimum Gasteiger partial charge on any atom is -0.478 e. The Bertz CT molecular complexity index is 1360. The first-order chi connectivity index (χ1) is 15.7. The monoisotopic (exact) mass is 464 g/mol. The van der Waals surface area contributed by atoms with Gasteiger partial charge in [-0.15, -0.1) is 5.10 Å². The SMILES string of the molecule is CC(C)(C)OC(=O)N(Cc1ccc(-c2nc3sc4cc(C(=O)O)ccc4n3n2)cc1)C1CC1. The maximum Gasteiger partial charge on any atom is 0.410 e. The molecule has 1 fully saturated rings. The second kappa shape index (κ2) is 7.84. The molecule has 4 aromatic rings. The number of ether oxygens (including phenoxy) is 1. The van der Waals surface area contributed by atoms with Crippen LogP contribution in [-0.2, 0) is 11.3 Å². The molecular weight excluding hydrogens is 440 g/mol. The fourth-order valence-corrected chi connectivity index (χ4v) is 4.65. The van der Waals surface area contributed by atoms with E-state index >= 15 is 0 Å². The largest absolute Gasteiger partial charge is 0.478 e. The summed E-state index contributed by atoms with van der Waals surface area (Å²) in [5, 5.41) is 13.8. The van der Waals surface area contributed by atoms with Crippen LogP contribution in [0.4, 0.5) is 4.79 Å². The van der Waals surface area contributed by atoms with E-state index in [9.17, 15) is 14.7 Å². The van der Waals surface area contributed by atoms with Gasteiger partial charge in [0.25, 0.3) is 0 Å². The Morgan fingerprint density at radius 2 is 1.91 bits per heavy atom. The van der Waals surface area contributed by atoms with E-state index in [4.69, 9.17) is 4.74 Å². The summed E-state index contributed by atoms with van der Waals surface area (Å²) in [4.78, 5) is 31.0. The molecule has 170 valence electrons. The standard InChI is InChI=1S/C24H24N4O4S/c1-24(2,3)32-23(31)27(17-9-10-17)13-14-4-6-15(7-5-14)20-25-22-28(26-20)18-11-8-16(21(29)30)12-19(18)33-22/h4-8,11-12,17H,9-10,13H2,1-3H3,(H,29,30). The molecule has 1 amide bonds. The summed E-state index contributed by atoms with van der Waals surface area (Å²) < 4.78 is 8.15. The van der Waals surface area contributed by atoms with Crippen LogP contribution in [0.5, 0.6) is 0 Å². The molecule has 0 spiro atoms. The van der Waals surface area contributed by atoms with Crippen LogP contribution in [0.3, 0.4) is 0 Å². The van der Waals surface area contributed by atoms with E-state index in [1.165, 1.54) is 11.3 Å². The van der Waals surface area contributed by atoms with Gasteiger partial charge in [0, 0.05) is 18.2 Å². The number of benzene rings is 2. The number of carboxylic acids is 1. The third-order valence-electron chi connectivity index (χ3n) is 5.39.